The van der Waals surface area contributed by atoms with Crippen molar-refractivity contribution in [2.24, 2.45) is 5.92 Å². The third kappa shape index (κ3) is 3.19. The minimum atomic E-state index is 0.482. The third-order valence-corrected chi connectivity index (χ3v) is 3.20. The fourth-order valence-corrected chi connectivity index (χ4v) is 2.05. The van der Waals surface area contributed by atoms with Crippen LogP contribution in [0.5, 0.6) is 0 Å². The molecule has 0 bridgehead atoms. The Kier molecular flexibility index (Phi) is 3.72. The molecule has 0 saturated heterocycles. The Balaban J connectivity index is 1.57. The zero-order chi connectivity index (χ0) is 13.9. The Hall–Kier alpha value is -1.83. The van der Waals surface area contributed by atoms with Crippen molar-refractivity contribution < 1.29 is 0 Å². The van der Waals surface area contributed by atoms with Crippen LogP contribution in [0.25, 0.3) is 0 Å². The maximum absolute atomic E-state index is 4.16. The van der Waals surface area contributed by atoms with Crippen LogP contribution in [0.15, 0.2) is 6.20 Å². The van der Waals surface area contributed by atoms with E-state index in [-0.39, 0.29) is 0 Å². The van der Waals surface area contributed by atoms with Gasteiger partial charge in [0, 0.05) is 6.54 Å². The Labute approximate surface area is 117 Å². The van der Waals surface area contributed by atoms with E-state index in [4.69, 9.17) is 0 Å². The lowest BCUT2D eigenvalue weighted by Crippen LogP contribution is -2.19. The molecule has 20 heavy (non-hydrogen) atoms. The molecular weight excluding hydrogens is 256 g/mol. The molecule has 0 aromatic carbocycles. The number of nitrogens with zero attached hydrogens (tertiary/aromatic N) is 7. The molecule has 1 aliphatic rings. The van der Waals surface area contributed by atoms with E-state index in [2.05, 4.69) is 45.0 Å². The van der Waals surface area contributed by atoms with E-state index in [1.54, 1.807) is 4.68 Å². The first-order valence-corrected chi connectivity index (χ1v) is 7.09. The standard InChI is InChI=1S/C12H20N8/c1-9(2)5-13-6-10-7-19(17-14-10)8-12-15-16-18-20(12)11-3-4-11/h7,9,11,13H,3-6,8H2,1-2H3. The van der Waals surface area contributed by atoms with E-state index >= 15 is 0 Å². The van der Waals surface area contributed by atoms with Gasteiger partial charge in [0.05, 0.1) is 17.9 Å². The van der Waals surface area contributed by atoms with Gasteiger partial charge < -0.3 is 5.32 Å². The minimum absolute atomic E-state index is 0.482. The Bertz CT molecular complexity index is 553. The Morgan fingerprint density at radius 2 is 2.15 bits per heavy atom. The van der Waals surface area contributed by atoms with Crippen LogP contribution < -0.4 is 5.32 Å². The molecule has 1 N–H and O–H groups in total. The maximum atomic E-state index is 4.16. The molecule has 2 heterocycles. The average molecular weight is 276 g/mol. The van der Waals surface area contributed by atoms with Crippen LogP contribution in [0.4, 0.5) is 0 Å². The molecule has 8 heteroatoms. The van der Waals surface area contributed by atoms with Crippen molar-refractivity contribution in [2.75, 3.05) is 6.54 Å². The summed E-state index contributed by atoms with van der Waals surface area (Å²) < 4.78 is 3.69. The van der Waals surface area contributed by atoms with Gasteiger partial charge in [-0.2, -0.15) is 0 Å². The van der Waals surface area contributed by atoms with E-state index in [1.165, 1.54) is 12.8 Å². The van der Waals surface area contributed by atoms with Gasteiger partial charge in [0.15, 0.2) is 5.82 Å². The second kappa shape index (κ2) is 5.66. The summed E-state index contributed by atoms with van der Waals surface area (Å²) in [5.74, 6) is 1.48. The van der Waals surface area contributed by atoms with Crippen LogP contribution in [0.3, 0.4) is 0 Å². The monoisotopic (exact) mass is 276 g/mol. The number of hydrogen-bond acceptors (Lipinski definition) is 6. The van der Waals surface area contributed by atoms with Crippen LogP contribution in [0, 0.1) is 5.92 Å². The highest BCUT2D eigenvalue weighted by molar-refractivity contribution is 4.95. The largest absolute Gasteiger partial charge is 0.311 e. The first-order chi connectivity index (χ1) is 9.72. The first kappa shape index (κ1) is 13.2. The summed E-state index contributed by atoms with van der Waals surface area (Å²) in [6.45, 7) is 6.66. The predicted octanol–water partition coefficient (Wildman–Crippen LogP) is 0.393. The number of tetrazole rings is 1. The molecule has 0 amide bonds. The highest BCUT2D eigenvalue weighted by Gasteiger charge is 2.27. The average Bonchev–Trinajstić information content (AvgIpc) is 2.99. The molecule has 1 aliphatic carbocycles. The van der Waals surface area contributed by atoms with Crippen LogP contribution >= 0.6 is 0 Å². The van der Waals surface area contributed by atoms with E-state index in [1.807, 2.05) is 10.9 Å². The van der Waals surface area contributed by atoms with Gasteiger partial charge in [-0.15, -0.1) is 10.2 Å². The number of aromatic nitrogens is 7. The molecule has 108 valence electrons. The first-order valence-electron chi connectivity index (χ1n) is 7.09. The van der Waals surface area contributed by atoms with Gasteiger partial charge in [-0.3, -0.25) is 0 Å². The van der Waals surface area contributed by atoms with Crippen LogP contribution in [-0.4, -0.2) is 41.7 Å². The number of rotatable bonds is 7. The van der Waals surface area contributed by atoms with Crippen LogP contribution in [0.2, 0.25) is 0 Å². The lowest BCUT2D eigenvalue weighted by molar-refractivity contribution is 0.542. The normalized spacial score (nSPS) is 15.2. The highest BCUT2D eigenvalue weighted by atomic mass is 15.6. The predicted molar refractivity (Wildman–Crippen MR) is 71.8 cm³/mol. The second-order valence-corrected chi connectivity index (χ2v) is 5.70. The molecule has 3 rings (SSSR count). The Morgan fingerprint density at radius 1 is 1.30 bits per heavy atom. The van der Waals surface area contributed by atoms with Gasteiger partial charge in [0.2, 0.25) is 0 Å². The number of hydrogen-bond donors (Lipinski definition) is 1. The SMILES string of the molecule is CC(C)CNCc1cn(Cc2nnnn2C2CC2)nn1. The second-order valence-electron chi connectivity index (χ2n) is 5.70. The van der Waals surface area contributed by atoms with Crippen molar-refractivity contribution in [2.45, 2.75) is 45.8 Å². The van der Waals surface area contributed by atoms with Crippen LogP contribution in [-0.2, 0) is 13.1 Å². The quantitative estimate of drug-likeness (QED) is 0.787. The lowest BCUT2D eigenvalue weighted by atomic mass is 10.2. The molecule has 0 atom stereocenters. The van der Waals surface area contributed by atoms with Gasteiger partial charge in [0.25, 0.3) is 0 Å². The van der Waals surface area contributed by atoms with Gasteiger partial charge in [-0.25, -0.2) is 9.36 Å². The Morgan fingerprint density at radius 3 is 2.90 bits per heavy atom. The minimum Gasteiger partial charge on any atom is -0.311 e. The van der Waals surface area contributed by atoms with Gasteiger partial charge in [0.1, 0.15) is 6.54 Å². The molecule has 0 unspecified atom stereocenters. The third-order valence-electron chi connectivity index (χ3n) is 3.20. The molecule has 2 aromatic heterocycles. The molecule has 0 spiro atoms. The summed E-state index contributed by atoms with van der Waals surface area (Å²) >= 11 is 0. The fraction of sp³-hybridized carbons (Fsp3) is 0.750. The van der Waals surface area contributed by atoms with Crippen molar-refractivity contribution in [1.29, 1.82) is 0 Å². The molecule has 0 radical (unpaired) electrons. The lowest BCUT2D eigenvalue weighted by Gasteiger charge is -2.04. The van der Waals surface area contributed by atoms with Crippen LogP contribution in [0.1, 0.15) is 44.2 Å². The fourth-order valence-electron chi connectivity index (χ4n) is 2.05. The molecular formula is C12H20N8. The topological polar surface area (TPSA) is 86.3 Å². The molecule has 1 saturated carbocycles. The van der Waals surface area contributed by atoms with E-state index in [0.29, 0.717) is 18.5 Å². The summed E-state index contributed by atoms with van der Waals surface area (Å²) in [5.41, 5.74) is 0.941. The summed E-state index contributed by atoms with van der Waals surface area (Å²) in [6.07, 6.45) is 4.28. The summed E-state index contributed by atoms with van der Waals surface area (Å²) in [7, 11) is 0. The van der Waals surface area contributed by atoms with Crippen molar-refractivity contribution >= 4 is 0 Å². The summed E-state index contributed by atoms with van der Waals surface area (Å²) in [6, 6.07) is 0.482. The zero-order valence-electron chi connectivity index (χ0n) is 11.9. The van der Waals surface area contributed by atoms with Crippen molar-refractivity contribution in [3.05, 3.63) is 17.7 Å². The molecule has 2 aromatic rings. The molecule has 1 fully saturated rings. The highest BCUT2D eigenvalue weighted by Crippen LogP contribution is 2.34. The molecule has 0 aliphatic heterocycles. The number of nitrogens with one attached hydrogen (secondary N) is 1. The van der Waals surface area contributed by atoms with Crippen molar-refractivity contribution in [3.63, 3.8) is 0 Å². The maximum Gasteiger partial charge on any atom is 0.173 e. The van der Waals surface area contributed by atoms with Crippen molar-refractivity contribution in [1.82, 2.24) is 40.5 Å². The smallest absolute Gasteiger partial charge is 0.173 e. The summed E-state index contributed by atoms with van der Waals surface area (Å²) in [4.78, 5) is 0. The van der Waals surface area contributed by atoms with E-state index in [0.717, 1.165) is 24.6 Å². The molecule has 8 nitrogen and oxygen atoms in total. The summed E-state index contributed by atoms with van der Waals surface area (Å²) in [5, 5.41) is 23.5. The van der Waals surface area contributed by atoms with E-state index < -0.39 is 0 Å². The van der Waals surface area contributed by atoms with Crippen molar-refractivity contribution in [3.8, 4) is 0 Å². The van der Waals surface area contributed by atoms with Gasteiger partial charge in [-0.1, -0.05) is 19.1 Å². The van der Waals surface area contributed by atoms with E-state index in [9.17, 15) is 0 Å². The van der Waals surface area contributed by atoms with Gasteiger partial charge in [-0.05, 0) is 35.7 Å². The zero-order valence-corrected chi connectivity index (χ0v) is 11.9. The van der Waals surface area contributed by atoms with Gasteiger partial charge >= 0.3 is 0 Å².